The van der Waals surface area contributed by atoms with Gasteiger partial charge in [-0.2, -0.15) is 0 Å². The first-order valence-corrected chi connectivity index (χ1v) is 7.26. The number of ether oxygens (including phenoxy) is 1. The summed E-state index contributed by atoms with van der Waals surface area (Å²) in [6.07, 6.45) is 5.52. The van der Waals surface area contributed by atoms with Crippen molar-refractivity contribution in [2.75, 3.05) is 39.8 Å². The quantitative estimate of drug-likeness (QED) is 0.686. The maximum atomic E-state index is 5.91. The molecule has 1 saturated carbocycles. The Morgan fingerprint density at radius 1 is 1.29 bits per heavy atom. The second-order valence-electron chi connectivity index (χ2n) is 5.91. The highest BCUT2D eigenvalue weighted by molar-refractivity contribution is 4.84. The van der Waals surface area contributed by atoms with Crippen LogP contribution in [0.1, 0.15) is 32.6 Å². The van der Waals surface area contributed by atoms with Crippen LogP contribution in [0.5, 0.6) is 0 Å². The van der Waals surface area contributed by atoms with Crippen molar-refractivity contribution >= 4 is 0 Å². The van der Waals surface area contributed by atoms with Crippen LogP contribution in [0, 0.1) is 11.8 Å². The highest BCUT2D eigenvalue weighted by Crippen LogP contribution is 2.37. The predicted molar refractivity (Wildman–Crippen MR) is 71.2 cm³/mol. The third-order valence-corrected chi connectivity index (χ3v) is 4.15. The lowest BCUT2D eigenvalue weighted by molar-refractivity contribution is 0.0285. The van der Waals surface area contributed by atoms with Gasteiger partial charge < -0.3 is 15.0 Å². The van der Waals surface area contributed by atoms with E-state index in [2.05, 4.69) is 24.2 Å². The van der Waals surface area contributed by atoms with Crippen molar-refractivity contribution in [3.8, 4) is 0 Å². The molecule has 0 bridgehead atoms. The molecule has 100 valence electrons. The highest BCUT2D eigenvalue weighted by Gasteiger charge is 2.32. The van der Waals surface area contributed by atoms with E-state index in [9.17, 15) is 0 Å². The molecule has 0 aromatic rings. The molecular weight excluding hydrogens is 212 g/mol. The minimum Gasteiger partial charge on any atom is -0.378 e. The van der Waals surface area contributed by atoms with Gasteiger partial charge in [0, 0.05) is 19.7 Å². The topological polar surface area (TPSA) is 24.5 Å². The van der Waals surface area contributed by atoms with Crippen LogP contribution in [0.15, 0.2) is 0 Å². The zero-order valence-electron chi connectivity index (χ0n) is 11.5. The van der Waals surface area contributed by atoms with Gasteiger partial charge in [0.25, 0.3) is 0 Å². The Bertz CT molecular complexity index is 216. The number of rotatable bonds is 7. The second-order valence-corrected chi connectivity index (χ2v) is 5.91. The number of hydrogen-bond donors (Lipinski definition) is 1. The van der Waals surface area contributed by atoms with Crippen LogP contribution in [0.2, 0.25) is 0 Å². The van der Waals surface area contributed by atoms with Crippen LogP contribution in [0.4, 0.5) is 0 Å². The van der Waals surface area contributed by atoms with Crippen LogP contribution in [-0.2, 0) is 4.74 Å². The zero-order valence-corrected chi connectivity index (χ0v) is 11.5. The van der Waals surface area contributed by atoms with Gasteiger partial charge in [0.1, 0.15) is 0 Å². The fourth-order valence-corrected chi connectivity index (χ4v) is 2.69. The normalized spacial score (nSPS) is 29.8. The molecule has 2 fully saturated rings. The smallest absolute Gasteiger partial charge is 0.0599 e. The van der Waals surface area contributed by atoms with Crippen molar-refractivity contribution in [2.24, 2.45) is 11.8 Å². The van der Waals surface area contributed by atoms with Gasteiger partial charge in [0.05, 0.1) is 6.10 Å². The Labute approximate surface area is 106 Å². The molecule has 1 N–H and O–H groups in total. The van der Waals surface area contributed by atoms with Crippen molar-refractivity contribution in [1.29, 1.82) is 0 Å². The third kappa shape index (κ3) is 4.94. The van der Waals surface area contributed by atoms with Gasteiger partial charge in [-0.05, 0) is 57.7 Å². The zero-order chi connectivity index (χ0) is 12.1. The number of piperidine rings is 1. The van der Waals surface area contributed by atoms with Crippen LogP contribution in [0.3, 0.4) is 0 Å². The summed E-state index contributed by atoms with van der Waals surface area (Å²) in [5.74, 6) is 1.95. The van der Waals surface area contributed by atoms with E-state index in [1.165, 1.54) is 38.8 Å². The van der Waals surface area contributed by atoms with Crippen molar-refractivity contribution in [3.05, 3.63) is 0 Å². The van der Waals surface area contributed by atoms with Gasteiger partial charge in [-0.1, -0.05) is 6.92 Å². The standard InChI is InChI=1S/C14H28N2O/c1-12-10-13(12)11-16(2)8-3-9-17-14-4-6-15-7-5-14/h12-15H,3-11H2,1-2H3. The number of hydrogen-bond acceptors (Lipinski definition) is 3. The summed E-state index contributed by atoms with van der Waals surface area (Å²) < 4.78 is 5.91. The Morgan fingerprint density at radius 2 is 2.00 bits per heavy atom. The second kappa shape index (κ2) is 6.72. The maximum Gasteiger partial charge on any atom is 0.0599 e. The van der Waals surface area contributed by atoms with Crippen molar-refractivity contribution in [2.45, 2.75) is 38.7 Å². The van der Waals surface area contributed by atoms with E-state index in [1.54, 1.807) is 0 Å². The van der Waals surface area contributed by atoms with Crippen LogP contribution < -0.4 is 5.32 Å². The molecule has 3 heteroatoms. The van der Waals surface area contributed by atoms with Crippen molar-refractivity contribution in [1.82, 2.24) is 10.2 Å². The number of nitrogens with zero attached hydrogens (tertiary/aromatic N) is 1. The molecule has 1 saturated heterocycles. The highest BCUT2D eigenvalue weighted by atomic mass is 16.5. The molecule has 0 aromatic heterocycles. The van der Waals surface area contributed by atoms with Gasteiger partial charge in [0.2, 0.25) is 0 Å². The van der Waals surface area contributed by atoms with Gasteiger partial charge in [-0.3, -0.25) is 0 Å². The monoisotopic (exact) mass is 240 g/mol. The summed E-state index contributed by atoms with van der Waals surface area (Å²) in [7, 11) is 2.25. The lowest BCUT2D eigenvalue weighted by Crippen LogP contribution is -2.33. The van der Waals surface area contributed by atoms with Gasteiger partial charge >= 0.3 is 0 Å². The van der Waals surface area contributed by atoms with E-state index in [0.717, 1.165) is 31.5 Å². The SMILES string of the molecule is CC1CC1CN(C)CCCOC1CCNCC1. The van der Waals surface area contributed by atoms with E-state index in [0.29, 0.717) is 6.10 Å². The predicted octanol–water partition coefficient (Wildman–Crippen LogP) is 1.73. The molecule has 0 radical (unpaired) electrons. The molecule has 3 nitrogen and oxygen atoms in total. The molecule has 2 rings (SSSR count). The van der Waals surface area contributed by atoms with Crippen LogP contribution in [0.25, 0.3) is 0 Å². The summed E-state index contributed by atoms with van der Waals surface area (Å²) in [5.41, 5.74) is 0. The molecule has 17 heavy (non-hydrogen) atoms. The van der Waals surface area contributed by atoms with Crippen molar-refractivity contribution < 1.29 is 4.74 Å². The molecular formula is C14H28N2O. The van der Waals surface area contributed by atoms with Crippen LogP contribution >= 0.6 is 0 Å². The number of nitrogens with one attached hydrogen (secondary N) is 1. The summed E-state index contributed by atoms with van der Waals surface area (Å²) in [5, 5.41) is 3.37. The van der Waals surface area contributed by atoms with E-state index in [1.807, 2.05) is 0 Å². The van der Waals surface area contributed by atoms with Gasteiger partial charge in [-0.15, -0.1) is 0 Å². The Hall–Kier alpha value is -0.120. The Kier molecular flexibility index (Phi) is 5.26. The van der Waals surface area contributed by atoms with E-state index in [-0.39, 0.29) is 0 Å². The lowest BCUT2D eigenvalue weighted by atomic mass is 10.1. The summed E-state index contributed by atoms with van der Waals surface area (Å²) in [6, 6.07) is 0. The van der Waals surface area contributed by atoms with Gasteiger partial charge in [-0.25, -0.2) is 0 Å². The lowest BCUT2D eigenvalue weighted by Gasteiger charge is -2.23. The molecule has 1 heterocycles. The van der Waals surface area contributed by atoms with Crippen LogP contribution in [-0.4, -0.2) is 50.8 Å². The Morgan fingerprint density at radius 3 is 2.65 bits per heavy atom. The fourth-order valence-electron chi connectivity index (χ4n) is 2.69. The molecule has 1 aliphatic heterocycles. The average Bonchev–Trinajstić information content (AvgIpc) is 3.02. The average molecular weight is 240 g/mol. The molecule has 2 aliphatic rings. The molecule has 0 aromatic carbocycles. The molecule has 0 amide bonds. The van der Waals surface area contributed by atoms with E-state index in [4.69, 9.17) is 4.74 Å². The minimum absolute atomic E-state index is 0.519. The largest absolute Gasteiger partial charge is 0.378 e. The van der Waals surface area contributed by atoms with E-state index < -0.39 is 0 Å². The first kappa shape index (κ1) is 13.3. The first-order valence-electron chi connectivity index (χ1n) is 7.26. The first-order chi connectivity index (χ1) is 8.25. The molecule has 1 aliphatic carbocycles. The van der Waals surface area contributed by atoms with Gasteiger partial charge in [0.15, 0.2) is 0 Å². The summed E-state index contributed by atoms with van der Waals surface area (Å²) in [6.45, 7) is 8.03. The van der Waals surface area contributed by atoms with Crippen molar-refractivity contribution in [3.63, 3.8) is 0 Å². The minimum atomic E-state index is 0.519. The summed E-state index contributed by atoms with van der Waals surface area (Å²) >= 11 is 0. The fraction of sp³-hybridized carbons (Fsp3) is 1.00. The summed E-state index contributed by atoms with van der Waals surface area (Å²) in [4.78, 5) is 2.47. The Balaban J connectivity index is 1.44. The van der Waals surface area contributed by atoms with E-state index >= 15 is 0 Å². The molecule has 2 atom stereocenters. The third-order valence-electron chi connectivity index (χ3n) is 4.15. The molecule has 2 unspecified atom stereocenters. The molecule has 0 spiro atoms. The maximum absolute atomic E-state index is 5.91.